The number of hydrogen-bond acceptors (Lipinski definition) is 4. The second-order valence-corrected chi connectivity index (χ2v) is 10.3. The summed E-state index contributed by atoms with van der Waals surface area (Å²) >= 11 is 0. The lowest BCUT2D eigenvalue weighted by atomic mass is 9.93. The van der Waals surface area contributed by atoms with Gasteiger partial charge >= 0.3 is 5.97 Å². The number of carboxylic acid groups (broad SMARTS) is 1. The second-order valence-electron chi connectivity index (χ2n) is 10.3. The zero-order valence-electron chi connectivity index (χ0n) is 22.5. The maximum absolute atomic E-state index is 14.0. The van der Waals surface area contributed by atoms with Crippen molar-refractivity contribution in [2.45, 2.75) is 64.7 Å². The minimum absolute atomic E-state index is 0.168. The van der Waals surface area contributed by atoms with Crippen molar-refractivity contribution in [2.75, 3.05) is 19.7 Å². The van der Waals surface area contributed by atoms with Crippen LogP contribution in [0.1, 0.15) is 65.4 Å². The van der Waals surface area contributed by atoms with Gasteiger partial charge in [0.2, 0.25) is 0 Å². The van der Waals surface area contributed by atoms with Crippen molar-refractivity contribution >= 4 is 5.97 Å². The smallest absolute Gasteiger partial charge is 0.335 e. The molecule has 0 saturated carbocycles. The molecule has 3 aromatic rings. The number of likely N-dealkylation sites (tertiary alicyclic amines) is 1. The minimum atomic E-state index is -0.918. The number of hydrogen-bond donors (Lipinski definition) is 2. The van der Waals surface area contributed by atoms with Gasteiger partial charge in [0, 0.05) is 12.6 Å². The monoisotopic (exact) mass is 519 g/mol. The summed E-state index contributed by atoms with van der Waals surface area (Å²) in [4.78, 5) is 13.8. The van der Waals surface area contributed by atoms with Gasteiger partial charge in [-0.2, -0.15) is 0 Å². The van der Waals surface area contributed by atoms with Gasteiger partial charge < -0.3 is 14.9 Å². The van der Waals surface area contributed by atoms with Crippen LogP contribution in [0.4, 0.5) is 4.39 Å². The van der Waals surface area contributed by atoms with Gasteiger partial charge in [-0.15, -0.1) is 0 Å². The molecule has 1 saturated heterocycles. The molecule has 2 N–H and O–H groups in total. The Labute approximate surface area is 224 Å². The molecule has 6 heteroatoms. The number of rotatable bonds is 11. The van der Waals surface area contributed by atoms with Crippen molar-refractivity contribution in [3.05, 3.63) is 94.3 Å². The SMILES string of the molecule is CCc1cc(-c2ccccc2[C@@H](C)OC[C@H](O)CN2CCC[C@H]2Cc2ccc(C)c(F)c2)ccc1C(=O)O. The van der Waals surface area contributed by atoms with E-state index in [1.54, 1.807) is 19.1 Å². The molecule has 1 aliphatic rings. The molecular formula is C32H38FNO4. The molecule has 0 aromatic heterocycles. The van der Waals surface area contributed by atoms with E-state index < -0.39 is 12.1 Å². The van der Waals surface area contributed by atoms with E-state index in [1.807, 2.05) is 62.4 Å². The average Bonchev–Trinajstić information content (AvgIpc) is 3.34. The first kappa shape index (κ1) is 28.0. The van der Waals surface area contributed by atoms with Crippen molar-refractivity contribution in [1.82, 2.24) is 4.90 Å². The number of aryl methyl sites for hydroxylation is 2. The van der Waals surface area contributed by atoms with Crippen LogP contribution in [0.3, 0.4) is 0 Å². The summed E-state index contributed by atoms with van der Waals surface area (Å²) in [5.74, 6) is -1.09. The Balaban J connectivity index is 1.38. The van der Waals surface area contributed by atoms with E-state index in [1.165, 1.54) is 0 Å². The third-order valence-electron chi connectivity index (χ3n) is 7.62. The lowest BCUT2D eigenvalue weighted by Gasteiger charge is -2.28. The van der Waals surface area contributed by atoms with Crippen molar-refractivity contribution in [3.8, 4) is 11.1 Å². The van der Waals surface area contributed by atoms with E-state index in [2.05, 4.69) is 4.90 Å². The molecule has 0 radical (unpaired) electrons. The Kier molecular flexibility index (Phi) is 9.31. The van der Waals surface area contributed by atoms with E-state index in [9.17, 15) is 19.4 Å². The van der Waals surface area contributed by atoms with Crippen LogP contribution in [0.2, 0.25) is 0 Å². The molecule has 1 aliphatic heterocycles. The molecule has 0 spiro atoms. The third-order valence-corrected chi connectivity index (χ3v) is 7.62. The number of nitrogens with zero attached hydrogens (tertiary/aromatic N) is 1. The first-order valence-electron chi connectivity index (χ1n) is 13.5. The highest BCUT2D eigenvalue weighted by molar-refractivity contribution is 5.90. The summed E-state index contributed by atoms with van der Waals surface area (Å²) in [6.07, 6.45) is 2.61. The fraction of sp³-hybridized carbons (Fsp3) is 0.406. The van der Waals surface area contributed by atoms with Gasteiger partial charge in [0.1, 0.15) is 5.82 Å². The summed E-state index contributed by atoms with van der Waals surface area (Å²) in [6.45, 7) is 7.34. The summed E-state index contributed by atoms with van der Waals surface area (Å²) in [7, 11) is 0. The van der Waals surface area contributed by atoms with Gasteiger partial charge in [-0.3, -0.25) is 4.90 Å². The Hall–Kier alpha value is -3.06. The Morgan fingerprint density at radius 2 is 1.95 bits per heavy atom. The molecule has 1 fully saturated rings. The number of aliphatic hydroxyl groups excluding tert-OH is 1. The zero-order chi connectivity index (χ0) is 27.2. The predicted octanol–water partition coefficient (Wildman–Crippen LogP) is 6.21. The van der Waals surface area contributed by atoms with Crippen LogP contribution in [-0.4, -0.2) is 52.9 Å². The number of benzene rings is 3. The van der Waals surface area contributed by atoms with Crippen LogP contribution in [0.5, 0.6) is 0 Å². The number of carbonyl (C=O) groups is 1. The number of ether oxygens (including phenoxy) is 1. The van der Waals surface area contributed by atoms with Crippen LogP contribution in [0.25, 0.3) is 11.1 Å². The third kappa shape index (κ3) is 6.68. The number of carboxylic acids is 1. The molecule has 5 nitrogen and oxygen atoms in total. The lowest BCUT2D eigenvalue weighted by Crippen LogP contribution is -2.39. The molecule has 38 heavy (non-hydrogen) atoms. The standard InChI is InChI=1S/C32H38FNO4/c1-4-24-18-25(13-14-30(24)32(36)37)29-10-6-5-9-28(29)22(3)38-20-27(35)19-34-15-7-8-26(34)16-23-12-11-21(2)31(33)17-23/h5-6,9-14,17-18,22,26-27,35H,4,7-8,15-16,19-20H2,1-3H3,(H,36,37)/t22-,26+,27-/m1/s1. The topological polar surface area (TPSA) is 70.0 Å². The number of aromatic carboxylic acids is 1. The normalized spacial score (nSPS) is 17.4. The maximum atomic E-state index is 14.0. The maximum Gasteiger partial charge on any atom is 0.335 e. The average molecular weight is 520 g/mol. The van der Waals surface area contributed by atoms with E-state index in [0.29, 0.717) is 24.1 Å². The van der Waals surface area contributed by atoms with Crippen LogP contribution in [0, 0.1) is 12.7 Å². The Morgan fingerprint density at radius 3 is 2.68 bits per heavy atom. The molecule has 0 amide bonds. The molecule has 3 aromatic carbocycles. The van der Waals surface area contributed by atoms with Gasteiger partial charge in [-0.25, -0.2) is 9.18 Å². The van der Waals surface area contributed by atoms with Crippen molar-refractivity contribution in [1.29, 1.82) is 0 Å². The molecule has 4 rings (SSSR count). The largest absolute Gasteiger partial charge is 0.478 e. The fourth-order valence-electron chi connectivity index (χ4n) is 5.45. The Morgan fingerprint density at radius 1 is 1.16 bits per heavy atom. The molecule has 3 atom stereocenters. The summed E-state index contributed by atoms with van der Waals surface area (Å²) in [5.41, 5.74) is 5.70. The minimum Gasteiger partial charge on any atom is -0.478 e. The quantitative estimate of drug-likeness (QED) is 0.315. The zero-order valence-corrected chi connectivity index (χ0v) is 22.5. The van der Waals surface area contributed by atoms with Crippen LogP contribution >= 0.6 is 0 Å². The van der Waals surface area contributed by atoms with Gasteiger partial charge in [0.05, 0.1) is 24.4 Å². The highest BCUT2D eigenvalue weighted by Crippen LogP contribution is 2.32. The van der Waals surface area contributed by atoms with Gasteiger partial charge in [0.15, 0.2) is 0 Å². The number of halogens is 1. The number of aliphatic hydroxyl groups is 1. The van der Waals surface area contributed by atoms with E-state index in [-0.39, 0.29) is 24.6 Å². The van der Waals surface area contributed by atoms with E-state index >= 15 is 0 Å². The van der Waals surface area contributed by atoms with Crippen molar-refractivity contribution < 1.29 is 24.1 Å². The lowest BCUT2D eigenvalue weighted by molar-refractivity contribution is -0.0169. The Bertz CT molecular complexity index is 1260. The first-order valence-corrected chi connectivity index (χ1v) is 13.5. The van der Waals surface area contributed by atoms with Crippen LogP contribution < -0.4 is 0 Å². The first-order chi connectivity index (χ1) is 18.3. The van der Waals surface area contributed by atoms with Gasteiger partial charge in [-0.05, 0) is 91.6 Å². The van der Waals surface area contributed by atoms with E-state index in [0.717, 1.165) is 53.6 Å². The molecule has 0 aliphatic carbocycles. The van der Waals surface area contributed by atoms with Crippen LogP contribution in [0.15, 0.2) is 60.7 Å². The summed E-state index contributed by atoms with van der Waals surface area (Å²) < 4.78 is 20.1. The van der Waals surface area contributed by atoms with Crippen LogP contribution in [-0.2, 0) is 17.6 Å². The summed E-state index contributed by atoms with van der Waals surface area (Å²) in [6, 6.07) is 19.1. The second kappa shape index (κ2) is 12.7. The van der Waals surface area contributed by atoms with Crippen molar-refractivity contribution in [2.24, 2.45) is 0 Å². The molecular weight excluding hydrogens is 481 g/mol. The van der Waals surface area contributed by atoms with Gasteiger partial charge in [-0.1, -0.05) is 55.5 Å². The molecule has 1 heterocycles. The fourth-order valence-corrected chi connectivity index (χ4v) is 5.45. The predicted molar refractivity (Wildman–Crippen MR) is 148 cm³/mol. The highest BCUT2D eigenvalue weighted by Gasteiger charge is 2.27. The van der Waals surface area contributed by atoms with Gasteiger partial charge in [0.25, 0.3) is 0 Å². The van der Waals surface area contributed by atoms with Crippen molar-refractivity contribution in [3.63, 3.8) is 0 Å². The molecule has 0 bridgehead atoms. The summed E-state index contributed by atoms with van der Waals surface area (Å²) in [5, 5.41) is 20.3. The highest BCUT2D eigenvalue weighted by atomic mass is 19.1. The molecule has 0 unspecified atom stereocenters. The van der Waals surface area contributed by atoms with E-state index in [4.69, 9.17) is 4.74 Å². The number of β-amino-alcohol motifs (C(OH)–C–C–N with tert-alkyl or cyclic N) is 1. The molecule has 202 valence electrons.